The van der Waals surface area contributed by atoms with Crippen LogP contribution < -0.4 is 10.2 Å². The number of halogens is 3. The predicted molar refractivity (Wildman–Crippen MR) is 149 cm³/mol. The van der Waals surface area contributed by atoms with Crippen LogP contribution in [0.1, 0.15) is 55.3 Å². The van der Waals surface area contributed by atoms with Gasteiger partial charge in [0.15, 0.2) is 6.23 Å². The van der Waals surface area contributed by atoms with Crippen LogP contribution in [-0.2, 0) is 0 Å². The van der Waals surface area contributed by atoms with Crippen molar-refractivity contribution in [3.05, 3.63) is 83.4 Å². The van der Waals surface area contributed by atoms with Gasteiger partial charge in [-0.1, -0.05) is 36.5 Å². The zero-order valence-electron chi connectivity index (χ0n) is 22.5. The zero-order valence-corrected chi connectivity index (χ0v) is 22.5. The molecule has 2 fully saturated rings. The molecule has 2 aromatic rings. The molecule has 0 radical (unpaired) electrons. The maximum atomic E-state index is 13.0. The molecule has 212 valence electrons. The fourth-order valence-corrected chi connectivity index (χ4v) is 6.32. The number of hydrogen-bond acceptors (Lipinski definition) is 5. The maximum Gasteiger partial charge on any atom is 0.395 e. The van der Waals surface area contributed by atoms with Crippen LogP contribution >= 0.6 is 0 Å². The van der Waals surface area contributed by atoms with Crippen molar-refractivity contribution in [2.75, 3.05) is 23.3 Å². The summed E-state index contributed by atoms with van der Waals surface area (Å²) < 4.78 is 38.9. The van der Waals surface area contributed by atoms with Crippen molar-refractivity contribution in [2.45, 2.75) is 57.0 Å². The lowest BCUT2D eigenvalue weighted by Crippen LogP contribution is -2.34. The number of allylic oxidation sites excluding steroid dienone is 7. The first-order valence-corrected chi connectivity index (χ1v) is 14.0. The van der Waals surface area contributed by atoms with Gasteiger partial charge >= 0.3 is 6.18 Å². The van der Waals surface area contributed by atoms with E-state index in [1.54, 1.807) is 18.3 Å². The topological polar surface area (TPSA) is 84.4 Å². The van der Waals surface area contributed by atoms with E-state index in [-0.39, 0.29) is 6.42 Å². The third-order valence-electron chi connectivity index (χ3n) is 8.78. The Labute approximate surface area is 232 Å². The van der Waals surface area contributed by atoms with Crippen LogP contribution in [0.5, 0.6) is 0 Å². The van der Waals surface area contributed by atoms with E-state index in [0.29, 0.717) is 40.8 Å². The number of pyridine rings is 1. The number of nitrogens with zero attached hydrogens (tertiary/aromatic N) is 2. The highest BCUT2D eigenvalue weighted by molar-refractivity contribution is 5.74. The van der Waals surface area contributed by atoms with Crippen LogP contribution in [0.15, 0.2) is 66.4 Å². The van der Waals surface area contributed by atoms with Crippen molar-refractivity contribution in [1.29, 1.82) is 0 Å². The Balaban J connectivity index is 1.07. The first-order chi connectivity index (χ1) is 19.1. The van der Waals surface area contributed by atoms with Gasteiger partial charge < -0.3 is 25.4 Å². The number of rotatable bonds is 6. The molecule has 1 saturated carbocycles. The lowest BCUT2D eigenvalue weighted by Gasteiger charge is -2.31. The molecule has 0 spiro atoms. The van der Waals surface area contributed by atoms with Gasteiger partial charge in [0.1, 0.15) is 5.82 Å². The second-order valence-electron chi connectivity index (χ2n) is 11.5. The number of alkyl halides is 3. The van der Waals surface area contributed by atoms with Crippen LogP contribution in [0.3, 0.4) is 0 Å². The smallest absolute Gasteiger partial charge is 0.385 e. The summed E-state index contributed by atoms with van der Waals surface area (Å²) in [4.78, 5) is 10.0. The Hall–Kier alpha value is -3.30. The van der Waals surface area contributed by atoms with E-state index in [1.165, 1.54) is 17.7 Å². The lowest BCUT2D eigenvalue weighted by molar-refractivity contribution is -0.160. The minimum atomic E-state index is -4.25. The Morgan fingerprint density at radius 2 is 2.05 bits per heavy atom. The van der Waals surface area contributed by atoms with Gasteiger partial charge in [0.05, 0.1) is 23.4 Å². The molecule has 3 aliphatic carbocycles. The summed E-state index contributed by atoms with van der Waals surface area (Å²) in [5, 5.41) is 25.4. The van der Waals surface area contributed by atoms with Gasteiger partial charge in [-0.2, -0.15) is 13.2 Å². The van der Waals surface area contributed by atoms with Crippen molar-refractivity contribution in [2.24, 2.45) is 17.8 Å². The molecule has 0 bridgehead atoms. The van der Waals surface area contributed by atoms with Crippen LogP contribution in [0.25, 0.3) is 5.57 Å². The molecular weight excluding hydrogens is 517 g/mol. The molecular formula is C31H35F3N4O2. The van der Waals surface area contributed by atoms with Gasteiger partial charge in [-0.3, -0.25) is 0 Å². The third-order valence-corrected chi connectivity index (χ3v) is 8.78. The zero-order chi connectivity index (χ0) is 28.1. The Kier molecular flexibility index (Phi) is 6.91. The second kappa shape index (κ2) is 10.3. The van der Waals surface area contributed by atoms with E-state index in [1.807, 2.05) is 19.1 Å². The number of nitrogens with one attached hydrogen (secondary N) is 2. The normalized spacial score (nSPS) is 28.9. The first kappa shape index (κ1) is 26.9. The highest BCUT2D eigenvalue weighted by Gasteiger charge is 2.47. The summed E-state index contributed by atoms with van der Waals surface area (Å²) in [5.41, 5.74) is 3.78. The highest BCUT2D eigenvalue weighted by atomic mass is 19.4. The number of anilines is 2. The van der Waals surface area contributed by atoms with Crippen LogP contribution in [0.2, 0.25) is 0 Å². The van der Waals surface area contributed by atoms with E-state index in [4.69, 9.17) is 0 Å². The molecule has 1 aliphatic heterocycles. The fourth-order valence-electron chi connectivity index (χ4n) is 6.32. The number of aliphatic hydroxyl groups is 2. The van der Waals surface area contributed by atoms with Crippen LogP contribution in [-0.4, -0.2) is 45.0 Å². The summed E-state index contributed by atoms with van der Waals surface area (Å²) in [5.74, 6) is 0.481. The molecule has 40 heavy (non-hydrogen) atoms. The minimum Gasteiger partial charge on any atom is -0.385 e. The summed E-state index contributed by atoms with van der Waals surface area (Å²) in [6.07, 6.45) is 10.5. The highest BCUT2D eigenvalue weighted by Crippen LogP contribution is 2.52. The monoisotopic (exact) mass is 552 g/mol. The molecule has 2 aromatic heterocycles. The third kappa shape index (κ3) is 5.37. The number of hydrogen-bond donors (Lipinski definition) is 4. The quantitative estimate of drug-likeness (QED) is 0.321. The van der Waals surface area contributed by atoms with Crippen molar-refractivity contribution in [3.63, 3.8) is 0 Å². The van der Waals surface area contributed by atoms with Gasteiger partial charge in [-0.05, 0) is 80.2 Å². The molecule has 6 nitrogen and oxygen atoms in total. The average Bonchev–Trinajstić information content (AvgIpc) is 3.67. The van der Waals surface area contributed by atoms with Gasteiger partial charge in [0, 0.05) is 30.0 Å². The molecule has 9 heteroatoms. The number of aliphatic hydroxyl groups excluding tert-OH is 1. The largest absolute Gasteiger partial charge is 0.395 e. The van der Waals surface area contributed by atoms with Gasteiger partial charge in [0.2, 0.25) is 0 Å². The summed E-state index contributed by atoms with van der Waals surface area (Å²) >= 11 is 0. The van der Waals surface area contributed by atoms with Gasteiger partial charge in [-0.15, -0.1) is 0 Å². The number of aryl methyl sites for hydroxylation is 1. The number of aromatic amines is 1. The standard InChI is InChI=1S/C31H35F3N4O2/c1-19-24(17-27(36-19)20-6-8-22(9-7-20)31(32,33)34)29(39)37-23-10-11-28(35-18-23)38-14-3-12-30(40,13-15-38)26-5-2-4-21-16-25(21)26/h2,4-8,10-11,17-18,21-22,25,29,36-37,39-40H,3,9,12-16H2,1H3. The van der Waals surface area contributed by atoms with E-state index in [0.717, 1.165) is 43.9 Å². The van der Waals surface area contributed by atoms with Crippen LogP contribution in [0, 0.1) is 24.7 Å². The summed E-state index contributed by atoms with van der Waals surface area (Å²) in [6, 6.07) is 5.56. The fraction of sp³-hybridized carbons (Fsp3) is 0.452. The van der Waals surface area contributed by atoms with Gasteiger partial charge in [0.25, 0.3) is 0 Å². The van der Waals surface area contributed by atoms with Crippen LogP contribution in [0.4, 0.5) is 24.7 Å². The maximum absolute atomic E-state index is 13.0. The molecule has 1 saturated heterocycles. The molecule has 3 heterocycles. The molecule has 0 aromatic carbocycles. The average molecular weight is 553 g/mol. The minimum absolute atomic E-state index is 0.103. The lowest BCUT2D eigenvalue weighted by atomic mass is 9.82. The molecule has 0 amide bonds. The van der Waals surface area contributed by atoms with E-state index in [2.05, 4.69) is 38.4 Å². The molecule has 4 N–H and O–H groups in total. The van der Waals surface area contributed by atoms with E-state index >= 15 is 0 Å². The van der Waals surface area contributed by atoms with E-state index < -0.39 is 23.9 Å². The summed E-state index contributed by atoms with van der Waals surface area (Å²) in [7, 11) is 0. The van der Waals surface area contributed by atoms with Crippen molar-refractivity contribution < 1.29 is 23.4 Å². The Morgan fingerprint density at radius 3 is 2.77 bits per heavy atom. The number of H-pyrrole nitrogens is 1. The van der Waals surface area contributed by atoms with E-state index in [9.17, 15) is 23.4 Å². The van der Waals surface area contributed by atoms with Gasteiger partial charge in [-0.25, -0.2) is 4.98 Å². The van der Waals surface area contributed by atoms with Crippen molar-refractivity contribution >= 4 is 17.1 Å². The molecule has 6 rings (SSSR count). The molecule has 5 unspecified atom stereocenters. The van der Waals surface area contributed by atoms with Crippen molar-refractivity contribution in [3.8, 4) is 0 Å². The Morgan fingerprint density at radius 1 is 1.20 bits per heavy atom. The Bertz CT molecular complexity index is 1370. The molecule has 4 aliphatic rings. The number of aromatic nitrogens is 2. The van der Waals surface area contributed by atoms with Crippen molar-refractivity contribution in [1.82, 2.24) is 9.97 Å². The first-order valence-electron chi connectivity index (χ1n) is 14.0. The molecule has 5 atom stereocenters. The second-order valence-corrected chi connectivity index (χ2v) is 11.5. The SMILES string of the molecule is Cc1[nH]c(C2=CCC(C(F)(F)F)C=C2)cc1C(O)Nc1ccc(N2CCCC(O)(C3=CC=CC4CC34)CC2)nc1. The summed E-state index contributed by atoms with van der Waals surface area (Å²) in [6.45, 7) is 3.36. The number of fused-ring (bicyclic) bond motifs is 1. The predicted octanol–water partition coefficient (Wildman–Crippen LogP) is 6.20.